The van der Waals surface area contributed by atoms with E-state index in [9.17, 15) is 9.59 Å². The number of hydrogen-bond acceptors (Lipinski definition) is 3. The van der Waals surface area contributed by atoms with Crippen molar-refractivity contribution in [2.24, 2.45) is 0 Å². The van der Waals surface area contributed by atoms with Crippen molar-refractivity contribution in [1.29, 1.82) is 0 Å². The summed E-state index contributed by atoms with van der Waals surface area (Å²) in [6.45, 7) is 4.01. The normalized spacial score (nSPS) is 12.3. The number of aromatic nitrogens is 2. The Morgan fingerprint density at radius 1 is 1.48 bits per heavy atom. The Hall–Kier alpha value is -1.69. The third-order valence-electron chi connectivity index (χ3n) is 3.23. The van der Waals surface area contributed by atoms with E-state index in [2.05, 4.69) is 33.2 Å². The monoisotopic (exact) mass is 351 g/mol. The SMILES string of the molecule is CCCC(C)NC(=O)Cn1cnc2ccc(Br)cc2c1=O. The molecule has 1 amide bonds. The number of fused-ring (bicyclic) bond motifs is 1. The predicted molar refractivity (Wildman–Crippen MR) is 86.2 cm³/mol. The van der Waals surface area contributed by atoms with E-state index in [0.29, 0.717) is 10.9 Å². The van der Waals surface area contributed by atoms with E-state index in [0.717, 1.165) is 17.3 Å². The number of halogens is 1. The molecule has 0 saturated carbocycles. The molecule has 21 heavy (non-hydrogen) atoms. The van der Waals surface area contributed by atoms with Crippen LogP contribution < -0.4 is 10.9 Å². The summed E-state index contributed by atoms with van der Waals surface area (Å²) in [5.41, 5.74) is 0.416. The van der Waals surface area contributed by atoms with Crippen molar-refractivity contribution in [3.63, 3.8) is 0 Å². The van der Waals surface area contributed by atoms with Gasteiger partial charge >= 0.3 is 0 Å². The Morgan fingerprint density at radius 2 is 2.24 bits per heavy atom. The van der Waals surface area contributed by atoms with Gasteiger partial charge in [-0.05, 0) is 31.5 Å². The maximum absolute atomic E-state index is 12.3. The average Bonchev–Trinajstić information content (AvgIpc) is 2.42. The van der Waals surface area contributed by atoms with Crippen molar-refractivity contribution in [2.75, 3.05) is 0 Å². The second-order valence-corrected chi connectivity index (χ2v) is 6.01. The minimum absolute atomic E-state index is 0.0116. The molecule has 1 aromatic heterocycles. The van der Waals surface area contributed by atoms with Crippen LogP contribution in [0.1, 0.15) is 26.7 Å². The highest BCUT2D eigenvalue weighted by Crippen LogP contribution is 2.14. The Bertz CT molecular complexity index is 712. The predicted octanol–water partition coefficient (Wildman–Crippen LogP) is 2.46. The molecule has 0 aliphatic rings. The van der Waals surface area contributed by atoms with Crippen molar-refractivity contribution < 1.29 is 4.79 Å². The zero-order chi connectivity index (χ0) is 15.4. The summed E-state index contributed by atoms with van der Waals surface area (Å²) >= 11 is 3.34. The highest BCUT2D eigenvalue weighted by Gasteiger charge is 2.10. The van der Waals surface area contributed by atoms with Crippen LogP contribution in [0.25, 0.3) is 10.9 Å². The van der Waals surface area contributed by atoms with Crippen LogP contribution in [0, 0.1) is 0 Å². The lowest BCUT2D eigenvalue weighted by molar-refractivity contribution is -0.122. The molecular formula is C15H18BrN3O2. The molecule has 2 rings (SSSR count). The number of hydrogen-bond donors (Lipinski definition) is 1. The topological polar surface area (TPSA) is 64.0 Å². The fourth-order valence-electron chi connectivity index (χ4n) is 2.22. The van der Waals surface area contributed by atoms with Crippen molar-refractivity contribution in [3.8, 4) is 0 Å². The Morgan fingerprint density at radius 3 is 2.95 bits per heavy atom. The summed E-state index contributed by atoms with van der Waals surface area (Å²) in [7, 11) is 0. The number of nitrogens with one attached hydrogen (secondary N) is 1. The summed E-state index contributed by atoms with van der Waals surface area (Å²) in [5, 5.41) is 3.38. The Balaban J connectivity index is 2.21. The number of carbonyl (C=O) groups is 1. The van der Waals surface area contributed by atoms with Crippen LogP contribution in [0.3, 0.4) is 0 Å². The Kier molecular flexibility index (Phi) is 5.12. The van der Waals surface area contributed by atoms with Gasteiger partial charge in [0.25, 0.3) is 5.56 Å². The third-order valence-corrected chi connectivity index (χ3v) is 3.72. The number of carbonyl (C=O) groups excluding carboxylic acids is 1. The maximum atomic E-state index is 12.3. The van der Waals surface area contributed by atoms with E-state index in [4.69, 9.17) is 0 Å². The number of nitrogens with zero attached hydrogens (tertiary/aromatic N) is 2. The first-order valence-corrected chi connectivity index (χ1v) is 7.74. The summed E-state index contributed by atoms with van der Waals surface area (Å²) in [5.74, 6) is -0.172. The smallest absolute Gasteiger partial charge is 0.261 e. The van der Waals surface area contributed by atoms with Gasteiger partial charge in [0.2, 0.25) is 5.91 Å². The zero-order valence-electron chi connectivity index (χ0n) is 12.1. The van der Waals surface area contributed by atoms with Gasteiger partial charge in [-0.15, -0.1) is 0 Å². The first-order valence-electron chi connectivity index (χ1n) is 6.95. The van der Waals surface area contributed by atoms with Crippen LogP contribution in [0.4, 0.5) is 0 Å². The van der Waals surface area contributed by atoms with Gasteiger partial charge in [0, 0.05) is 10.5 Å². The summed E-state index contributed by atoms with van der Waals surface area (Å²) < 4.78 is 2.15. The third kappa shape index (κ3) is 3.91. The molecule has 1 heterocycles. The lowest BCUT2D eigenvalue weighted by Crippen LogP contribution is -2.37. The van der Waals surface area contributed by atoms with Crippen LogP contribution in [0.5, 0.6) is 0 Å². The molecule has 1 unspecified atom stereocenters. The van der Waals surface area contributed by atoms with Gasteiger partial charge in [0.15, 0.2) is 0 Å². The van der Waals surface area contributed by atoms with E-state index in [1.165, 1.54) is 10.9 Å². The largest absolute Gasteiger partial charge is 0.352 e. The minimum Gasteiger partial charge on any atom is -0.352 e. The molecule has 1 atom stereocenters. The van der Waals surface area contributed by atoms with Gasteiger partial charge in [0.05, 0.1) is 17.2 Å². The summed E-state index contributed by atoms with van der Waals surface area (Å²) in [6, 6.07) is 5.44. The van der Waals surface area contributed by atoms with Crippen LogP contribution in [-0.4, -0.2) is 21.5 Å². The second-order valence-electron chi connectivity index (χ2n) is 5.10. The molecule has 6 heteroatoms. The van der Waals surface area contributed by atoms with Gasteiger partial charge in [-0.3, -0.25) is 14.2 Å². The molecule has 0 fully saturated rings. The van der Waals surface area contributed by atoms with Gasteiger partial charge in [0.1, 0.15) is 6.54 Å². The van der Waals surface area contributed by atoms with E-state index in [1.54, 1.807) is 12.1 Å². The van der Waals surface area contributed by atoms with Crippen molar-refractivity contribution in [2.45, 2.75) is 39.3 Å². The van der Waals surface area contributed by atoms with Gasteiger partial charge in [-0.2, -0.15) is 0 Å². The fourth-order valence-corrected chi connectivity index (χ4v) is 2.59. The van der Waals surface area contributed by atoms with Gasteiger partial charge in [-0.25, -0.2) is 4.98 Å². The summed E-state index contributed by atoms with van der Waals surface area (Å²) in [4.78, 5) is 28.5. The maximum Gasteiger partial charge on any atom is 0.261 e. The molecule has 1 aromatic carbocycles. The number of benzene rings is 1. The average molecular weight is 352 g/mol. The van der Waals surface area contributed by atoms with Crippen LogP contribution in [-0.2, 0) is 11.3 Å². The number of rotatable bonds is 5. The molecule has 0 radical (unpaired) electrons. The quantitative estimate of drug-likeness (QED) is 0.899. The van der Waals surface area contributed by atoms with Gasteiger partial charge < -0.3 is 5.32 Å². The van der Waals surface area contributed by atoms with E-state index in [1.807, 2.05) is 13.0 Å². The number of amides is 1. The van der Waals surface area contributed by atoms with Crippen LogP contribution in [0.15, 0.2) is 33.8 Å². The van der Waals surface area contributed by atoms with E-state index in [-0.39, 0.29) is 24.1 Å². The molecule has 5 nitrogen and oxygen atoms in total. The van der Waals surface area contributed by atoms with Gasteiger partial charge in [-0.1, -0.05) is 29.3 Å². The van der Waals surface area contributed by atoms with Crippen molar-refractivity contribution >= 4 is 32.7 Å². The molecule has 112 valence electrons. The highest BCUT2D eigenvalue weighted by atomic mass is 79.9. The standard InChI is InChI=1S/C15H18BrN3O2/c1-3-4-10(2)18-14(20)8-19-9-17-13-6-5-11(16)7-12(13)15(19)21/h5-7,9-10H,3-4,8H2,1-2H3,(H,18,20). The first-order chi connectivity index (χ1) is 10.0. The highest BCUT2D eigenvalue weighted by molar-refractivity contribution is 9.10. The lowest BCUT2D eigenvalue weighted by atomic mass is 10.2. The first kappa shape index (κ1) is 15.7. The van der Waals surface area contributed by atoms with Crippen molar-refractivity contribution in [1.82, 2.24) is 14.9 Å². The lowest BCUT2D eigenvalue weighted by Gasteiger charge is -2.13. The summed E-state index contributed by atoms with van der Waals surface area (Å²) in [6.07, 6.45) is 3.35. The molecule has 0 saturated heterocycles. The van der Waals surface area contributed by atoms with E-state index < -0.39 is 0 Å². The minimum atomic E-state index is -0.209. The Labute approximate surface area is 131 Å². The van der Waals surface area contributed by atoms with Crippen LogP contribution in [0.2, 0.25) is 0 Å². The molecular weight excluding hydrogens is 334 g/mol. The molecule has 0 spiro atoms. The molecule has 1 N–H and O–H groups in total. The molecule has 0 aliphatic carbocycles. The molecule has 2 aromatic rings. The fraction of sp³-hybridized carbons (Fsp3) is 0.400. The molecule has 0 bridgehead atoms. The zero-order valence-corrected chi connectivity index (χ0v) is 13.7. The van der Waals surface area contributed by atoms with Crippen molar-refractivity contribution in [3.05, 3.63) is 39.4 Å². The van der Waals surface area contributed by atoms with E-state index >= 15 is 0 Å². The van der Waals surface area contributed by atoms with Crippen LogP contribution >= 0.6 is 15.9 Å². The second kappa shape index (κ2) is 6.85. The molecule has 0 aliphatic heterocycles.